The lowest BCUT2D eigenvalue weighted by Crippen LogP contribution is -2.50. The van der Waals surface area contributed by atoms with Crippen LogP contribution in [0.2, 0.25) is 0 Å². The molecule has 0 aromatic carbocycles. The van der Waals surface area contributed by atoms with Crippen LogP contribution in [0.5, 0.6) is 0 Å². The number of guanidine groups is 1. The molecule has 0 aromatic heterocycles. The van der Waals surface area contributed by atoms with Gasteiger partial charge in [-0.3, -0.25) is 4.99 Å². The fourth-order valence-electron chi connectivity index (χ4n) is 2.02. The van der Waals surface area contributed by atoms with Crippen molar-refractivity contribution in [1.29, 1.82) is 0 Å². The quantitative estimate of drug-likeness (QED) is 0.701. The highest BCUT2D eigenvalue weighted by molar-refractivity contribution is 5.80. The first-order chi connectivity index (χ1) is 9.90. The molecule has 0 aliphatic carbocycles. The average molecular weight is 298 g/mol. The number of amides is 1. The Labute approximate surface area is 128 Å². The summed E-state index contributed by atoms with van der Waals surface area (Å²) in [5.41, 5.74) is -0.467. The van der Waals surface area contributed by atoms with Crippen molar-refractivity contribution in [3.8, 4) is 0 Å². The van der Waals surface area contributed by atoms with E-state index in [9.17, 15) is 4.79 Å². The van der Waals surface area contributed by atoms with Gasteiger partial charge in [0.1, 0.15) is 5.60 Å². The predicted octanol–water partition coefficient (Wildman–Crippen LogP) is 2.01. The van der Waals surface area contributed by atoms with E-state index < -0.39 is 5.60 Å². The standard InChI is InChI=1S/C15H30N4O2/c1-5-6-8-12(19-13-16-9-7-10-17-13)11-18-14(20)21-15(2,3)4/h12H,5-11H2,1-4H3,(H,18,20)(H2,16,17,19). The molecule has 21 heavy (non-hydrogen) atoms. The fraction of sp³-hybridized carbons (Fsp3) is 0.867. The molecule has 0 saturated carbocycles. The van der Waals surface area contributed by atoms with Gasteiger partial charge in [0, 0.05) is 25.7 Å². The maximum atomic E-state index is 11.7. The molecular formula is C15H30N4O2. The third-order valence-corrected chi connectivity index (χ3v) is 3.04. The van der Waals surface area contributed by atoms with Gasteiger partial charge in [-0.2, -0.15) is 0 Å². The van der Waals surface area contributed by atoms with Crippen molar-refractivity contribution in [1.82, 2.24) is 16.0 Å². The van der Waals surface area contributed by atoms with Gasteiger partial charge >= 0.3 is 6.09 Å². The number of rotatable bonds is 6. The molecule has 0 spiro atoms. The second-order valence-electron chi connectivity index (χ2n) is 6.38. The van der Waals surface area contributed by atoms with Gasteiger partial charge in [-0.15, -0.1) is 0 Å². The Morgan fingerprint density at radius 1 is 1.48 bits per heavy atom. The number of hydrogen-bond donors (Lipinski definition) is 3. The van der Waals surface area contributed by atoms with Crippen LogP contribution in [0.15, 0.2) is 4.99 Å². The van der Waals surface area contributed by atoms with Gasteiger partial charge in [0.25, 0.3) is 0 Å². The van der Waals surface area contributed by atoms with Gasteiger partial charge in [-0.1, -0.05) is 19.8 Å². The minimum absolute atomic E-state index is 0.168. The summed E-state index contributed by atoms with van der Waals surface area (Å²) in [6.07, 6.45) is 3.93. The molecule has 1 heterocycles. The minimum Gasteiger partial charge on any atom is -0.444 e. The Balaban J connectivity index is 2.41. The summed E-state index contributed by atoms with van der Waals surface area (Å²) in [7, 11) is 0. The second-order valence-corrected chi connectivity index (χ2v) is 6.38. The van der Waals surface area contributed by atoms with E-state index >= 15 is 0 Å². The van der Waals surface area contributed by atoms with Crippen LogP contribution in [-0.4, -0.2) is 43.3 Å². The number of unbranched alkanes of at least 4 members (excludes halogenated alkanes) is 1. The van der Waals surface area contributed by atoms with E-state index in [1.807, 2.05) is 20.8 Å². The molecule has 0 radical (unpaired) electrons. The molecule has 1 aliphatic rings. The number of hydrogen-bond acceptors (Lipinski definition) is 5. The maximum absolute atomic E-state index is 11.7. The summed E-state index contributed by atoms with van der Waals surface area (Å²) in [5.74, 6) is 0.841. The molecule has 6 nitrogen and oxygen atoms in total. The summed E-state index contributed by atoms with van der Waals surface area (Å²) in [5, 5.41) is 9.46. The smallest absolute Gasteiger partial charge is 0.407 e. The summed E-state index contributed by atoms with van der Waals surface area (Å²) in [6.45, 7) is 10.1. The number of carbonyl (C=O) groups is 1. The molecule has 1 rings (SSSR count). The Kier molecular flexibility index (Phi) is 7.32. The number of nitrogens with zero attached hydrogens (tertiary/aromatic N) is 1. The zero-order valence-electron chi connectivity index (χ0n) is 13.8. The maximum Gasteiger partial charge on any atom is 0.407 e. The topological polar surface area (TPSA) is 74.8 Å². The lowest BCUT2D eigenvalue weighted by Gasteiger charge is -2.25. The third-order valence-electron chi connectivity index (χ3n) is 3.04. The Bertz CT molecular complexity index is 350. The van der Waals surface area contributed by atoms with E-state index in [-0.39, 0.29) is 12.1 Å². The first kappa shape index (κ1) is 17.6. The van der Waals surface area contributed by atoms with Crippen molar-refractivity contribution in [3.05, 3.63) is 0 Å². The molecule has 122 valence electrons. The van der Waals surface area contributed by atoms with Gasteiger partial charge in [-0.05, 0) is 33.6 Å². The van der Waals surface area contributed by atoms with E-state index in [0.29, 0.717) is 6.54 Å². The van der Waals surface area contributed by atoms with E-state index in [1.165, 1.54) is 0 Å². The predicted molar refractivity (Wildman–Crippen MR) is 85.6 cm³/mol. The molecule has 0 saturated heterocycles. The van der Waals surface area contributed by atoms with Crippen molar-refractivity contribution in [2.24, 2.45) is 4.99 Å². The zero-order chi connectivity index (χ0) is 15.7. The first-order valence-electron chi connectivity index (χ1n) is 7.92. The van der Waals surface area contributed by atoms with Gasteiger partial charge < -0.3 is 20.7 Å². The Morgan fingerprint density at radius 3 is 2.81 bits per heavy atom. The highest BCUT2D eigenvalue weighted by Gasteiger charge is 2.18. The van der Waals surface area contributed by atoms with E-state index in [4.69, 9.17) is 4.74 Å². The number of nitrogens with one attached hydrogen (secondary N) is 3. The molecule has 0 aromatic rings. The van der Waals surface area contributed by atoms with E-state index in [0.717, 1.165) is 44.7 Å². The van der Waals surface area contributed by atoms with Crippen molar-refractivity contribution >= 4 is 12.1 Å². The van der Waals surface area contributed by atoms with E-state index in [1.54, 1.807) is 0 Å². The molecule has 0 bridgehead atoms. The molecule has 1 atom stereocenters. The molecule has 1 amide bonds. The number of ether oxygens (including phenoxy) is 1. The SMILES string of the molecule is CCCCC(CNC(=O)OC(C)(C)C)NC1=NCCCN1. The van der Waals surface area contributed by atoms with Gasteiger partial charge in [-0.25, -0.2) is 4.79 Å². The van der Waals surface area contributed by atoms with Crippen molar-refractivity contribution in [2.45, 2.75) is 65.0 Å². The molecule has 1 aliphatic heterocycles. The molecule has 0 fully saturated rings. The van der Waals surface area contributed by atoms with Crippen molar-refractivity contribution in [3.63, 3.8) is 0 Å². The molecule has 1 unspecified atom stereocenters. The second kappa shape index (κ2) is 8.74. The zero-order valence-corrected chi connectivity index (χ0v) is 13.8. The van der Waals surface area contributed by atoms with Crippen LogP contribution in [0.25, 0.3) is 0 Å². The number of carbonyl (C=O) groups excluding carboxylic acids is 1. The van der Waals surface area contributed by atoms with Gasteiger partial charge in [0.15, 0.2) is 5.96 Å². The van der Waals surface area contributed by atoms with E-state index in [2.05, 4.69) is 27.9 Å². The average Bonchev–Trinajstić information content (AvgIpc) is 2.41. The van der Waals surface area contributed by atoms with Crippen LogP contribution >= 0.6 is 0 Å². The fourth-order valence-corrected chi connectivity index (χ4v) is 2.02. The summed E-state index contributed by atoms with van der Waals surface area (Å²) in [6, 6.07) is 0.168. The third kappa shape index (κ3) is 8.42. The summed E-state index contributed by atoms with van der Waals surface area (Å²) < 4.78 is 5.26. The largest absolute Gasteiger partial charge is 0.444 e. The van der Waals surface area contributed by atoms with Crippen LogP contribution in [-0.2, 0) is 4.74 Å². The summed E-state index contributed by atoms with van der Waals surface area (Å²) in [4.78, 5) is 16.1. The molecular weight excluding hydrogens is 268 g/mol. The Morgan fingerprint density at radius 2 is 2.24 bits per heavy atom. The first-order valence-corrected chi connectivity index (χ1v) is 7.92. The minimum atomic E-state index is -0.467. The summed E-state index contributed by atoms with van der Waals surface area (Å²) >= 11 is 0. The highest BCUT2D eigenvalue weighted by Crippen LogP contribution is 2.07. The van der Waals surface area contributed by atoms with Crippen LogP contribution in [0, 0.1) is 0 Å². The normalized spacial score (nSPS) is 16.5. The monoisotopic (exact) mass is 298 g/mol. The Hall–Kier alpha value is -1.46. The van der Waals surface area contributed by atoms with Crippen LogP contribution in [0.1, 0.15) is 53.4 Å². The highest BCUT2D eigenvalue weighted by atomic mass is 16.6. The van der Waals surface area contributed by atoms with Gasteiger partial charge in [0.2, 0.25) is 0 Å². The lowest BCUT2D eigenvalue weighted by molar-refractivity contribution is 0.0523. The number of alkyl carbamates (subject to hydrolysis) is 1. The van der Waals surface area contributed by atoms with Crippen molar-refractivity contribution in [2.75, 3.05) is 19.6 Å². The molecule has 6 heteroatoms. The van der Waals surface area contributed by atoms with Crippen molar-refractivity contribution < 1.29 is 9.53 Å². The molecule has 3 N–H and O–H groups in total. The van der Waals surface area contributed by atoms with Crippen LogP contribution in [0.4, 0.5) is 4.79 Å². The van der Waals surface area contributed by atoms with Gasteiger partial charge in [0.05, 0.1) is 0 Å². The van der Waals surface area contributed by atoms with Crippen LogP contribution in [0.3, 0.4) is 0 Å². The van der Waals surface area contributed by atoms with Crippen LogP contribution < -0.4 is 16.0 Å². The lowest BCUT2D eigenvalue weighted by atomic mass is 10.1. The number of aliphatic imine (C=N–C) groups is 1.